The van der Waals surface area contributed by atoms with Crippen molar-refractivity contribution >= 4 is 22.8 Å². The molecule has 2 N–H and O–H groups in total. The Bertz CT molecular complexity index is 311. The average Bonchev–Trinajstić information content (AvgIpc) is 2.12. The topological polar surface area (TPSA) is 53.5 Å². The van der Waals surface area contributed by atoms with Gasteiger partial charge in [0.05, 0.1) is 6.54 Å². The van der Waals surface area contributed by atoms with Crippen LogP contribution in [0, 0.1) is 0 Å². The van der Waals surface area contributed by atoms with Gasteiger partial charge in [-0.05, 0) is 34.1 Å². The van der Waals surface area contributed by atoms with Gasteiger partial charge in [-0.25, -0.2) is 0 Å². The number of hydrogen-bond donors (Lipinski definition) is 2. The van der Waals surface area contributed by atoms with Crippen LogP contribution in [0.15, 0.2) is 4.99 Å². The van der Waals surface area contributed by atoms with E-state index in [1.165, 1.54) is 0 Å². The number of nitrogens with zero attached hydrogens (tertiary/aromatic N) is 1. The van der Waals surface area contributed by atoms with E-state index in [2.05, 4.69) is 29.5 Å². The van der Waals surface area contributed by atoms with Crippen LogP contribution in [-0.4, -0.2) is 34.5 Å². The first-order valence-electron chi connectivity index (χ1n) is 6.55. The van der Waals surface area contributed by atoms with E-state index in [0.717, 1.165) is 11.6 Å². The Labute approximate surface area is 114 Å². The molecule has 1 aliphatic heterocycles. The zero-order chi connectivity index (χ0) is 13.8. The molecule has 0 bridgehead atoms. The molecular formula is C13H25N3OS. The van der Waals surface area contributed by atoms with Crippen molar-refractivity contribution in [3.05, 3.63) is 0 Å². The lowest BCUT2D eigenvalue weighted by Crippen LogP contribution is -2.41. The van der Waals surface area contributed by atoms with Crippen molar-refractivity contribution in [3.63, 3.8) is 0 Å². The van der Waals surface area contributed by atoms with E-state index in [-0.39, 0.29) is 11.4 Å². The van der Waals surface area contributed by atoms with E-state index in [9.17, 15) is 4.79 Å². The maximum atomic E-state index is 11.6. The Hall–Kier alpha value is -0.710. The SMILES string of the molecule is CC1CC(C)SC(=NCCC(=O)NC(C)(C)C)N1. The van der Waals surface area contributed by atoms with Gasteiger partial charge in [0.2, 0.25) is 5.91 Å². The summed E-state index contributed by atoms with van der Waals surface area (Å²) < 4.78 is 0. The molecule has 0 spiro atoms. The van der Waals surface area contributed by atoms with E-state index in [1.54, 1.807) is 11.8 Å². The quantitative estimate of drug-likeness (QED) is 0.827. The summed E-state index contributed by atoms with van der Waals surface area (Å²) in [6.07, 6.45) is 1.61. The molecule has 1 amide bonds. The minimum Gasteiger partial charge on any atom is -0.362 e. The van der Waals surface area contributed by atoms with Crippen molar-refractivity contribution in [2.45, 2.75) is 64.3 Å². The number of carbonyl (C=O) groups excluding carboxylic acids is 1. The van der Waals surface area contributed by atoms with Crippen molar-refractivity contribution < 1.29 is 4.79 Å². The molecule has 0 aromatic heterocycles. The molecule has 1 saturated heterocycles. The number of amides is 1. The summed E-state index contributed by atoms with van der Waals surface area (Å²) in [5, 5.41) is 7.87. The summed E-state index contributed by atoms with van der Waals surface area (Å²) >= 11 is 1.76. The van der Waals surface area contributed by atoms with Gasteiger partial charge in [0.15, 0.2) is 5.17 Å². The summed E-state index contributed by atoms with van der Waals surface area (Å²) in [6, 6.07) is 0.475. The molecule has 0 aliphatic carbocycles. The summed E-state index contributed by atoms with van der Waals surface area (Å²) in [5.74, 6) is 0.0637. The molecule has 2 atom stereocenters. The lowest BCUT2D eigenvalue weighted by Gasteiger charge is -2.26. The molecule has 4 nitrogen and oxygen atoms in total. The van der Waals surface area contributed by atoms with Crippen LogP contribution < -0.4 is 10.6 Å². The third kappa shape index (κ3) is 6.28. The van der Waals surface area contributed by atoms with Crippen molar-refractivity contribution in [3.8, 4) is 0 Å². The van der Waals surface area contributed by atoms with E-state index in [1.807, 2.05) is 20.8 Å². The molecule has 0 saturated carbocycles. The Morgan fingerprint density at radius 2 is 2.17 bits per heavy atom. The van der Waals surface area contributed by atoms with Gasteiger partial charge in [0, 0.05) is 23.3 Å². The number of carbonyl (C=O) groups is 1. The molecule has 1 aliphatic rings. The first-order chi connectivity index (χ1) is 8.26. The number of hydrogen-bond acceptors (Lipinski definition) is 3. The minimum absolute atomic E-state index is 0.0637. The minimum atomic E-state index is -0.162. The molecule has 18 heavy (non-hydrogen) atoms. The molecular weight excluding hydrogens is 246 g/mol. The third-order valence-electron chi connectivity index (χ3n) is 2.48. The molecule has 1 fully saturated rings. The highest BCUT2D eigenvalue weighted by atomic mass is 32.2. The van der Waals surface area contributed by atoms with Crippen molar-refractivity contribution in [1.29, 1.82) is 0 Å². The summed E-state index contributed by atoms with van der Waals surface area (Å²) in [7, 11) is 0. The van der Waals surface area contributed by atoms with Crippen LogP contribution in [-0.2, 0) is 4.79 Å². The molecule has 0 aromatic carbocycles. The Balaban J connectivity index is 2.34. The normalized spacial score (nSPS) is 26.8. The second kappa shape index (κ2) is 6.45. The number of thioether (sulfide) groups is 1. The standard InChI is InChI=1S/C13H25N3OS/c1-9-8-10(2)18-12(15-9)14-7-6-11(17)16-13(3,4)5/h9-10H,6-8H2,1-5H3,(H,14,15)(H,16,17). The third-order valence-corrected chi connectivity index (χ3v) is 3.54. The van der Waals surface area contributed by atoms with E-state index < -0.39 is 0 Å². The Morgan fingerprint density at radius 3 is 2.72 bits per heavy atom. The molecule has 0 aromatic rings. The van der Waals surface area contributed by atoms with Crippen LogP contribution in [0.25, 0.3) is 0 Å². The largest absolute Gasteiger partial charge is 0.362 e. The maximum absolute atomic E-state index is 11.6. The number of nitrogens with one attached hydrogen (secondary N) is 2. The summed E-state index contributed by atoms with van der Waals surface area (Å²) in [4.78, 5) is 16.1. The van der Waals surface area contributed by atoms with Gasteiger partial charge in [0.1, 0.15) is 0 Å². The molecule has 2 unspecified atom stereocenters. The van der Waals surface area contributed by atoms with Gasteiger partial charge in [-0.3, -0.25) is 9.79 Å². The fraction of sp³-hybridized carbons (Fsp3) is 0.846. The smallest absolute Gasteiger partial charge is 0.222 e. The molecule has 5 heteroatoms. The number of aliphatic imine (C=N–C) groups is 1. The van der Waals surface area contributed by atoms with Crippen molar-refractivity contribution in [1.82, 2.24) is 10.6 Å². The lowest BCUT2D eigenvalue weighted by molar-refractivity contribution is -0.122. The van der Waals surface area contributed by atoms with E-state index in [4.69, 9.17) is 0 Å². The van der Waals surface area contributed by atoms with Gasteiger partial charge < -0.3 is 10.6 Å². The van der Waals surface area contributed by atoms with Gasteiger partial charge in [-0.1, -0.05) is 18.7 Å². The predicted octanol–water partition coefficient (Wildman–Crippen LogP) is 2.15. The molecule has 1 rings (SSSR count). The fourth-order valence-corrected chi connectivity index (χ4v) is 3.06. The van der Waals surface area contributed by atoms with Crippen LogP contribution in [0.5, 0.6) is 0 Å². The maximum Gasteiger partial charge on any atom is 0.222 e. The van der Waals surface area contributed by atoms with Gasteiger partial charge in [0.25, 0.3) is 0 Å². The molecule has 104 valence electrons. The van der Waals surface area contributed by atoms with Gasteiger partial charge in [-0.15, -0.1) is 0 Å². The predicted molar refractivity (Wildman–Crippen MR) is 79.1 cm³/mol. The fourth-order valence-electron chi connectivity index (χ4n) is 1.86. The first kappa shape index (κ1) is 15.3. The zero-order valence-electron chi connectivity index (χ0n) is 12.0. The molecule has 1 heterocycles. The Morgan fingerprint density at radius 1 is 1.50 bits per heavy atom. The van der Waals surface area contributed by atoms with Crippen molar-refractivity contribution in [2.75, 3.05) is 6.54 Å². The van der Waals surface area contributed by atoms with E-state index in [0.29, 0.717) is 24.3 Å². The highest BCUT2D eigenvalue weighted by Crippen LogP contribution is 2.22. The number of rotatable bonds is 3. The van der Waals surface area contributed by atoms with Crippen LogP contribution in [0.1, 0.15) is 47.5 Å². The van der Waals surface area contributed by atoms with Crippen LogP contribution >= 0.6 is 11.8 Å². The Kier molecular flexibility index (Phi) is 5.50. The molecule has 0 radical (unpaired) electrons. The highest BCUT2D eigenvalue weighted by Gasteiger charge is 2.19. The summed E-state index contributed by atoms with van der Waals surface area (Å²) in [6.45, 7) is 10.9. The summed E-state index contributed by atoms with van der Waals surface area (Å²) in [5.41, 5.74) is -0.162. The first-order valence-corrected chi connectivity index (χ1v) is 7.43. The van der Waals surface area contributed by atoms with Crippen LogP contribution in [0.4, 0.5) is 0 Å². The van der Waals surface area contributed by atoms with Crippen molar-refractivity contribution in [2.24, 2.45) is 4.99 Å². The second-order valence-electron chi connectivity index (χ2n) is 5.94. The highest BCUT2D eigenvalue weighted by molar-refractivity contribution is 8.14. The van der Waals surface area contributed by atoms with Gasteiger partial charge >= 0.3 is 0 Å². The number of amidine groups is 1. The van der Waals surface area contributed by atoms with Crippen LogP contribution in [0.3, 0.4) is 0 Å². The second-order valence-corrected chi connectivity index (χ2v) is 7.37. The zero-order valence-corrected chi connectivity index (χ0v) is 12.9. The monoisotopic (exact) mass is 271 g/mol. The lowest BCUT2D eigenvalue weighted by atomic mass is 10.1. The van der Waals surface area contributed by atoms with Crippen LogP contribution in [0.2, 0.25) is 0 Å². The van der Waals surface area contributed by atoms with Gasteiger partial charge in [-0.2, -0.15) is 0 Å². The average molecular weight is 271 g/mol. The van der Waals surface area contributed by atoms with E-state index >= 15 is 0 Å².